The summed E-state index contributed by atoms with van der Waals surface area (Å²) in [5.74, 6) is 0.130. The van der Waals surface area contributed by atoms with Gasteiger partial charge in [-0.15, -0.1) is 0 Å². The standard InChI is InChI=1S/C17H15N3O2S/c1-11-12-6-3-4-7-13(12)20-14(15(11)16(21)22-2)10-23-17-18-8-5-9-19-17/h3-9H,10H2,1-2H3. The lowest BCUT2D eigenvalue weighted by atomic mass is 10.0. The largest absolute Gasteiger partial charge is 0.465 e. The number of thioether (sulfide) groups is 1. The number of carbonyl (C=O) groups excluding carboxylic acids is 1. The smallest absolute Gasteiger partial charge is 0.340 e. The van der Waals surface area contributed by atoms with Crippen LogP contribution in [0, 0.1) is 6.92 Å². The van der Waals surface area contributed by atoms with Gasteiger partial charge in [0.15, 0.2) is 5.16 Å². The number of nitrogens with zero attached hydrogens (tertiary/aromatic N) is 3. The molecule has 6 heteroatoms. The molecule has 23 heavy (non-hydrogen) atoms. The van der Waals surface area contributed by atoms with Crippen molar-refractivity contribution < 1.29 is 9.53 Å². The molecule has 0 fully saturated rings. The van der Waals surface area contributed by atoms with Crippen LogP contribution in [0.2, 0.25) is 0 Å². The molecule has 0 atom stereocenters. The Labute approximate surface area is 138 Å². The molecule has 0 amide bonds. The number of para-hydroxylation sites is 1. The highest BCUT2D eigenvalue weighted by atomic mass is 32.2. The Hall–Kier alpha value is -2.47. The van der Waals surface area contributed by atoms with Gasteiger partial charge in [0, 0.05) is 23.5 Å². The van der Waals surface area contributed by atoms with E-state index >= 15 is 0 Å². The summed E-state index contributed by atoms with van der Waals surface area (Å²) >= 11 is 1.44. The Morgan fingerprint density at radius 3 is 2.65 bits per heavy atom. The van der Waals surface area contributed by atoms with E-state index in [1.807, 2.05) is 31.2 Å². The second-order valence-corrected chi connectivity index (χ2v) is 5.83. The van der Waals surface area contributed by atoms with Crippen LogP contribution in [0.1, 0.15) is 21.6 Å². The topological polar surface area (TPSA) is 65.0 Å². The number of methoxy groups -OCH3 is 1. The van der Waals surface area contributed by atoms with E-state index in [1.165, 1.54) is 18.9 Å². The molecule has 0 saturated heterocycles. The number of benzene rings is 1. The summed E-state index contributed by atoms with van der Waals surface area (Å²) in [5, 5.41) is 1.61. The lowest BCUT2D eigenvalue weighted by Crippen LogP contribution is -2.10. The van der Waals surface area contributed by atoms with Crippen molar-refractivity contribution in [1.29, 1.82) is 0 Å². The van der Waals surface area contributed by atoms with Crippen LogP contribution in [-0.2, 0) is 10.5 Å². The monoisotopic (exact) mass is 325 g/mol. The maximum Gasteiger partial charge on any atom is 0.340 e. The molecule has 1 aromatic carbocycles. The number of carbonyl (C=O) groups is 1. The minimum absolute atomic E-state index is 0.370. The van der Waals surface area contributed by atoms with Crippen LogP contribution in [-0.4, -0.2) is 28.0 Å². The molecule has 0 N–H and O–H groups in total. The third-order valence-electron chi connectivity index (χ3n) is 3.50. The van der Waals surface area contributed by atoms with Crippen LogP contribution in [0.25, 0.3) is 10.9 Å². The predicted octanol–water partition coefficient (Wildman–Crippen LogP) is 3.41. The summed E-state index contributed by atoms with van der Waals surface area (Å²) in [5.41, 5.74) is 2.95. The highest BCUT2D eigenvalue weighted by Crippen LogP contribution is 2.27. The van der Waals surface area contributed by atoms with Gasteiger partial charge in [-0.25, -0.2) is 14.8 Å². The third-order valence-corrected chi connectivity index (χ3v) is 4.38. The molecule has 0 aliphatic rings. The Morgan fingerprint density at radius 2 is 1.91 bits per heavy atom. The highest BCUT2D eigenvalue weighted by Gasteiger charge is 2.19. The van der Waals surface area contributed by atoms with E-state index in [2.05, 4.69) is 15.0 Å². The van der Waals surface area contributed by atoms with Gasteiger partial charge >= 0.3 is 5.97 Å². The van der Waals surface area contributed by atoms with Gasteiger partial charge in [0.2, 0.25) is 0 Å². The van der Waals surface area contributed by atoms with E-state index in [-0.39, 0.29) is 5.97 Å². The van der Waals surface area contributed by atoms with E-state index in [0.717, 1.165) is 16.5 Å². The van der Waals surface area contributed by atoms with E-state index in [9.17, 15) is 4.79 Å². The van der Waals surface area contributed by atoms with Crippen LogP contribution in [0.5, 0.6) is 0 Å². The van der Waals surface area contributed by atoms with Crippen LogP contribution in [0.3, 0.4) is 0 Å². The van der Waals surface area contributed by atoms with Crippen molar-refractivity contribution in [2.75, 3.05) is 7.11 Å². The van der Waals surface area contributed by atoms with E-state index in [0.29, 0.717) is 22.2 Å². The first-order valence-electron chi connectivity index (χ1n) is 7.07. The number of pyridine rings is 1. The fourth-order valence-electron chi connectivity index (χ4n) is 2.41. The van der Waals surface area contributed by atoms with Crippen LogP contribution >= 0.6 is 11.8 Å². The lowest BCUT2D eigenvalue weighted by Gasteiger charge is -2.12. The molecule has 0 unspecified atom stereocenters. The molecule has 3 aromatic rings. The normalized spacial score (nSPS) is 10.7. The van der Waals surface area contributed by atoms with Gasteiger partial charge in [-0.1, -0.05) is 30.0 Å². The zero-order valence-corrected chi connectivity index (χ0v) is 13.6. The quantitative estimate of drug-likeness (QED) is 0.416. The van der Waals surface area contributed by atoms with Crippen molar-refractivity contribution in [3.8, 4) is 0 Å². The van der Waals surface area contributed by atoms with Crippen molar-refractivity contribution in [2.45, 2.75) is 17.8 Å². The Morgan fingerprint density at radius 1 is 1.17 bits per heavy atom. The summed E-state index contributed by atoms with van der Waals surface area (Å²) < 4.78 is 4.94. The summed E-state index contributed by atoms with van der Waals surface area (Å²) in [6.07, 6.45) is 3.38. The second kappa shape index (κ2) is 6.75. The Kier molecular flexibility index (Phi) is 4.52. The Bertz CT molecular complexity index is 853. The maximum atomic E-state index is 12.2. The molecular weight excluding hydrogens is 310 g/mol. The molecular formula is C17H15N3O2S. The number of rotatable bonds is 4. The number of ether oxygens (including phenoxy) is 1. The van der Waals surface area contributed by atoms with Crippen molar-refractivity contribution >= 4 is 28.6 Å². The van der Waals surface area contributed by atoms with Gasteiger partial charge in [-0.3, -0.25) is 4.98 Å². The van der Waals surface area contributed by atoms with Gasteiger partial charge in [0.05, 0.1) is 23.9 Å². The highest BCUT2D eigenvalue weighted by molar-refractivity contribution is 7.98. The Balaban J connectivity index is 2.05. The molecule has 0 radical (unpaired) electrons. The number of hydrogen-bond acceptors (Lipinski definition) is 6. The first kappa shape index (κ1) is 15.4. The van der Waals surface area contributed by atoms with Gasteiger partial charge in [-0.05, 0) is 24.6 Å². The van der Waals surface area contributed by atoms with Gasteiger partial charge in [0.1, 0.15) is 0 Å². The summed E-state index contributed by atoms with van der Waals surface area (Å²) in [4.78, 5) is 25.2. The van der Waals surface area contributed by atoms with Crippen molar-refractivity contribution in [1.82, 2.24) is 15.0 Å². The minimum Gasteiger partial charge on any atom is -0.465 e. The first-order valence-corrected chi connectivity index (χ1v) is 8.05. The molecule has 2 aromatic heterocycles. The molecule has 0 spiro atoms. The average Bonchev–Trinajstić information content (AvgIpc) is 2.60. The van der Waals surface area contributed by atoms with Crippen LogP contribution in [0.4, 0.5) is 0 Å². The van der Waals surface area contributed by atoms with Crippen molar-refractivity contribution in [2.24, 2.45) is 0 Å². The molecule has 3 rings (SSSR count). The number of aryl methyl sites for hydroxylation is 1. The molecule has 116 valence electrons. The summed E-state index contributed by atoms with van der Waals surface area (Å²) in [6, 6.07) is 9.54. The van der Waals surface area contributed by atoms with Crippen LogP contribution < -0.4 is 0 Å². The van der Waals surface area contributed by atoms with Crippen molar-refractivity contribution in [3.05, 3.63) is 59.5 Å². The van der Waals surface area contributed by atoms with Gasteiger partial charge < -0.3 is 4.74 Å². The zero-order valence-electron chi connectivity index (χ0n) is 12.8. The van der Waals surface area contributed by atoms with Crippen molar-refractivity contribution in [3.63, 3.8) is 0 Å². The zero-order chi connectivity index (χ0) is 16.2. The minimum atomic E-state index is -0.370. The SMILES string of the molecule is COC(=O)c1c(CSc2ncccn2)nc2ccccc2c1C. The number of hydrogen-bond donors (Lipinski definition) is 0. The molecule has 0 aliphatic heterocycles. The van der Waals surface area contributed by atoms with Crippen LogP contribution in [0.15, 0.2) is 47.9 Å². The summed E-state index contributed by atoms with van der Waals surface area (Å²) in [7, 11) is 1.38. The number of fused-ring (bicyclic) bond motifs is 1. The maximum absolute atomic E-state index is 12.2. The number of aromatic nitrogens is 3. The van der Waals surface area contributed by atoms with Gasteiger partial charge in [-0.2, -0.15) is 0 Å². The average molecular weight is 325 g/mol. The lowest BCUT2D eigenvalue weighted by molar-refractivity contribution is 0.0598. The first-order chi connectivity index (χ1) is 11.2. The van der Waals surface area contributed by atoms with Gasteiger partial charge in [0.25, 0.3) is 0 Å². The summed E-state index contributed by atoms with van der Waals surface area (Å²) in [6.45, 7) is 1.92. The van der Waals surface area contributed by atoms with E-state index < -0.39 is 0 Å². The fourth-order valence-corrected chi connectivity index (χ4v) is 3.16. The van der Waals surface area contributed by atoms with E-state index in [1.54, 1.807) is 18.5 Å². The molecule has 0 aliphatic carbocycles. The predicted molar refractivity (Wildman–Crippen MR) is 89.4 cm³/mol. The molecule has 5 nitrogen and oxygen atoms in total. The third kappa shape index (κ3) is 3.17. The molecule has 2 heterocycles. The molecule has 0 bridgehead atoms. The number of esters is 1. The fraction of sp³-hybridized carbons (Fsp3) is 0.176. The second-order valence-electron chi connectivity index (χ2n) is 4.89. The molecule has 0 saturated carbocycles. The van der Waals surface area contributed by atoms with E-state index in [4.69, 9.17) is 4.74 Å².